The first-order valence-corrected chi connectivity index (χ1v) is 11.8. The molecule has 0 amide bonds. The Morgan fingerprint density at radius 3 is 2.59 bits per heavy atom. The van der Waals surface area contributed by atoms with Gasteiger partial charge in [0.2, 0.25) is 0 Å². The summed E-state index contributed by atoms with van der Waals surface area (Å²) in [5.41, 5.74) is 9.92. The molecule has 0 saturated carbocycles. The van der Waals surface area contributed by atoms with Crippen LogP contribution in [0.1, 0.15) is 22.8 Å². The summed E-state index contributed by atoms with van der Waals surface area (Å²) >= 11 is 0. The fraction of sp³-hybridized carbons (Fsp3) is 0.107. The van der Waals surface area contributed by atoms with Gasteiger partial charge in [0.05, 0.1) is 23.0 Å². The van der Waals surface area contributed by atoms with Gasteiger partial charge in [-0.3, -0.25) is 9.36 Å². The topological polar surface area (TPSA) is 125 Å². The van der Waals surface area contributed by atoms with Crippen molar-refractivity contribution in [3.05, 3.63) is 112 Å². The van der Waals surface area contributed by atoms with Crippen molar-refractivity contribution in [2.75, 3.05) is 5.73 Å². The minimum Gasteiger partial charge on any atom is -0.487 e. The number of rotatable bonds is 6. The maximum atomic E-state index is 14.0. The lowest BCUT2D eigenvalue weighted by Crippen LogP contribution is -2.25. The standard InChI is InChI=1S/C28H23N7O2/c1-17-8-7-11-19-24(17)28(36)35(20-12-5-6-13-21(20)37-15-18-9-3-2-4-10-18)23(32-19)14-22-33-25-26(29)30-16-31-27(25)34-22/h2-13,16H,14-15H2,1H3,(H3,29,30,31,33,34). The molecule has 0 aliphatic carbocycles. The molecule has 3 heterocycles. The monoisotopic (exact) mass is 489 g/mol. The molecular formula is C28H23N7O2. The van der Waals surface area contributed by atoms with E-state index in [1.54, 1.807) is 4.57 Å². The lowest BCUT2D eigenvalue weighted by molar-refractivity contribution is 0.305. The number of hydrogen-bond acceptors (Lipinski definition) is 7. The van der Waals surface area contributed by atoms with Crippen molar-refractivity contribution >= 4 is 27.9 Å². The normalized spacial score (nSPS) is 11.3. The summed E-state index contributed by atoms with van der Waals surface area (Å²) in [7, 11) is 0. The second-order valence-corrected chi connectivity index (χ2v) is 8.70. The molecule has 182 valence electrons. The Kier molecular flexibility index (Phi) is 5.57. The van der Waals surface area contributed by atoms with Gasteiger partial charge in [0.1, 0.15) is 35.8 Å². The SMILES string of the molecule is Cc1cccc2nc(Cc3nc4ncnc(N)c4[nH]3)n(-c3ccccc3OCc3ccccc3)c(=O)c12. The molecule has 3 aromatic heterocycles. The van der Waals surface area contributed by atoms with E-state index in [0.717, 1.165) is 11.1 Å². The molecule has 3 N–H and O–H groups in total. The average molecular weight is 490 g/mol. The maximum absolute atomic E-state index is 14.0. The summed E-state index contributed by atoms with van der Waals surface area (Å²) in [6.45, 7) is 2.28. The van der Waals surface area contributed by atoms with E-state index in [1.165, 1.54) is 6.33 Å². The van der Waals surface area contributed by atoms with Gasteiger partial charge in [-0.2, -0.15) is 0 Å². The van der Waals surface area contributed by atoms with Gasteiger partial charge >= 0.3 is 0 Å². The number of aromatic amines is 1. The molecular weight excluding hydrogens is 466 g/mol. The molecule has 6 aromatic rings. The van der Waals surface area contributed by atoms with Gasteiger partial charge in [-0.25, -0.2) is 19.9 Å². The molecule has 0 aliphatic heterocycles. The Morgan fingerprint density at radius 2 is 1.76 bits per heavy atom. The zero-order valence-corrected chi connectivity index (χ0v) is 20.0. The fourth-order valence-corrected chi connectivity index (χ4v) is 4.44. The van der Waals surface area contributed by atoms with Gasteiger partial charge in [-0.1, -0.05) is 54.6 Å². The van der Waals surface area contributed by atoms with E-state index >= 15 is 0 Å². The maximum Gasteiger partial charge on any atom is 0.266 e. The first-order valence-electron chi connectivity index (χ1n) is 11.8. The third kappa shape index (κ3) is 4.16. The molecule has 37 heavy (non-hydrogen) atoms. The van der Waals surface area contributed by atoms with Crippen LogP contribution >= 0.6 is 0 Å². The van der Waals surface area contributed by atoms with E-state index in [0.29, 0.717) is 57.6 Å². The number of H-pyrrole nitrogens is 1. The zero-order valence-electron chi connectivity index (χ0n) is 20.0. The fourth-order valence-electron chi connectivity index (χ4n) is 4.44. The molecule has 0 radical (unpaired) electrons. The number of imidazole rings is 1. The van der Waals surface area contributed by atoms with Crippen molar-refractivity contribution in [2.24, 2.45) is 0 Å². The molecule has 9 nitrogen and oxygen atoms in total. The number of nitrogens with two attached hydrogens (primary N) is 1. The highest BCUT2D eigenvalue weighted by Crippen LogP contribution is 2.26. The highest BCUT2D eigenvalue weighted by molar-refractivity contribution is 5.82. The van der Waals surface area contributed by atoms with Crippen molar-refractivity contribution in [2.45, 2.75) is 20.0 Å². The Balaban J connectivity index is 1.51. The highest BCUT2D eigenvalue weighted by Gasteiger charge is 2.19. The molecule has 6 rings (SSSR count). The van der Waals surface area contributed by atoms with Crippen LogP contribution in [0.2, 0.25) is 0 Å². The molecule has 0 bridgehead atoms. The first-order chi connectivity index (χ1) is 18.1. The van der Waals surface area contributed by atoms with Crippen LogP contribution in [0, 0.1) is 6.92 Å². The van der Waals surface area contributed by atoms with Crippen molar-refractivity contribution in [1.82, 2.24) is 29.5 Å². The van der Waals surface area contributed by atoms with Gasteiger partial charge in [0, 0.05) is 0 Å². The Labute approximate surface area is 211 Å². The molecule has 0 spiro atoms. The third-order valence-electron chi connectivity index (χ3n) is 6.21. The van der Waals surface area contributed by atoms with Crippen molar-refractivity contribution in [3.63, 3.8) is 0 Å². The first kappa shape index (κ1) is 22.4. The Hall–Kier alpha value is -5.05. The lowest BCUT2D eigenvalue weighted by atomic mass is 10.1. The second-order valence-electron chi connectivity index (χ2n) is 8.70. The number of aromatic nitrogens is 6. The van der Waals surface area contributed by atoms with E-state index in [1.807, 2.05) is 79.7 Å². The van der Waals surface area contributed by atoms with E-state index < -0.39 is 0 Å². The summed E-state index contributed by atoms with van der Waals surface area (Å²) in [5, 5.41) is 0.559. The van der Waals surface area contributed by atoms with E-state index in [4.69, 9.17) is 15.5 Å². The number of hydrogen-bond donors (Lipinski definition) is 2. The van der Waals surface area contributed by atoms with Crippen LogP contribution in [0.5, 0.6) is 5.75 Å². The Morgan fingerprint density at radius 1 is 0.946 bits per heavy atom. The molecule has 3 aromatic carbocycles. The van der Waals surface area contributed by atoms with Gasteiger partial charge in [0.15, 0.2) is 11.5 Å². The number of fused-ring (bicyclic) bond motifs is 2. The summed E-state index contributed by atoms with van der Waals surface area (Å²) in [4.78, 5) is 34.9. The molecule has 0 atom stereocenters. The number of nitrogens with one attached hydrogen (secondary N) is 1. The summed E-state index contributed by atoms with van der Waals surface area (Å²) < 4.78 is 7.81. The number of anilines is 1. The van der Waals surface area contributed by atoms with Crippen LogP contribution in [-0.2, 0) is 13.0 Å². The minimum atomic E-state index is -0.177. The number of nitrogens with zero attached hydrogens (tertiary/aromatic N) is 5. The van der Waals surface area contributed by atoms with E-state index in [-0.39, 0.29) is 12.0 Å². The van der Waals surface area contributed by atoms with Crippen molar-refractivity contribution in [1.29, 1.82) is 0 Å². The smallest absolute Gasteiger partial charge is 0.266 e. The molecule has 0 unspecified atom stereocenters. The molecule has 0 fully saturated rings. The minimum absolute atomic E-state index is 0.177. The highest BCUT2D eigenvalue weighted by atomic mass is 16.5. The van der Waals surface area contributed by atoms with Gasteiger partial charge in [-0.15, -0.1) is 0 Å². The van der Waals surface area contributed by atoms with E-state index in [9.17, 15) is 4.79 Å². The van der Waals surface area contributed by atoms with Crippen LogP contribution < -0.4 is 16.0 Å². The lowest BCUT2D eigenvalue weighted by Gasteiger charge is -2.17. The quantitative estimate of drug-likeness (QED) is 0.361. The second kappa shape index (κ2) is 9.19. The van der Waals surface area contributed by atoms with Gasteiger partial charge in [0.25, 0.3) is 5.56 Å². The van der Waals surface area contributed by atoms with Crippen molar-refractivity contribution in [3.8, 4) is 11.4 Å². The number of aryl methyl sites for hydroxylation is 1. The van der Waals surface area contributed by atoms with Crippen LogP contribution in [0.3, 0.4) is 0 Å². The average Bonchev–Trinajstić information content (AvgIpc) is 3.32. The van der Waals surface area contributed by atoms with Crippen LogP contribution in [-0.4, -0.2) is 29.5 Å². The summed E-state index contributed by atoms with van der Waals surface area (Å²) in [5.74, 6) is 1.95. The number of ether oxygens (including phenoxy) is 1. The number of nitrogen functional groups attached to an aromatic ring is 1. The molecule has 0 aliphatic rings. The van der Waals surface area contributed by atoms with Crippen LogP contribution in [0.4, 0.5) is 5.82 Å². The third-order valence-corrected chi connectivity index (χ3v) is 6.21. The van der Waals surface area contributed by atoms with Crippen LogP contribution in [0.25, 0.3) is 27.8 Å². The summed E-state index contributed by atoms with van der Waals surface area (Å²) in [6.07, 6.45) is 1.61. The van der Waals surface area contributed by atoms with Crippen molar-refractivity contribution < 1.29 is 4.74 Å². The van der Waals surface area contributed by atoms with Gasteiger partial charge in [-0.05, 0) is 36.2 Å². The number of para-hydroxylation sites is 2. The zero-order chi connectivity index (χ0) is 25.4. The van der Waals surface area contributed by atoms with Gasteiger partial charge < -0.3 is 15.5 Å². The van der Waals surface area contributed by atoms with E-state index in [2.05, 4.69) is 19.9 Å². The molecule has 9 heteroatoms. The largest absolute Gasteiger partial charge is 0.487 e. The Bertz CT molecular complexity index is 1810. The molecule has 0 saturated heterocycles. The number of benzene rings is 3. The predicted octanol–water partition coefficient (Wildman–Crippen LogP) is 4.11. The van der Waals surface area contributed by atoms with Crippen LogP contribution in [0.15, 0.2) is 83.9 Å². The summed E-state index contributed by atoms with van der Waals surface area (Å²) in [6, 6.07) is 23.0. The predicted molar refractivity (Wildman–Crippen MR) is 142 cm³/mol.